The first-order chi connectivity index (χ1) is 6.20. The zero-order valence-electron chi connectivity index (χ0n) is 7.47. The SMILES string of the molecule is IC1CCC2(CC1)OCC(I)CO2. The van der Waals surface area contributed by atoms with E-state index in [-0.39, 0.29) is 5.79 Å². The normalized spacial score (nSPS) is 46.6. The molecule has 2 nitrogen and oxygen atoms in total. The third-order valence-electron chi connectivity index (χ3n) is 2.73. The molecule has 1 spiro atoms. The van der Waals surface area contributed by atoms with Crippen molar-refractivity contribution in [2.24, 2.45) is 0 Å². The second kappa shape index (κ2) is 4.49. The molecule has 0 aromatic heterocycles. The molecule has 1 saturated heterocycles. The van der Waals surface area contributed by atoms with Crippen LogP contribution in [0.5, 0.6) is 0 Å². The molecule has 0 radical (unpaired) electrons. The lowest BCUT2D eigenvalue weighted by Gasteiger charge is -2.42. The lowest BCUT2D eigenvalue weighted by molar-refractivity contribution is -0.275. The summed E-state index contributed by atoms with van der Waals surface area (Å²) in [6.45, 7) is 1.74. The van der Waals surface area contributed by atoms with Gasteiger partial charge in [-0.3, -0.25) is 0 Å². The van der Waals surface area contributed by atoms with Crippen LogP contribution in [0.25, 0.3) is 0 Å². The molecule has 2 aliphatic rings. The van der Waals surface area contributed by atoms with Gasteiger partial charge in [0, 0.05) is 16.8 Å². The van der Waals surface area contributed by atoms with E-state index >= 15 is 0 Å². The van der Waals surface area contributed by atoms with Gasteiger partial charge < -0.3 is 9.47 Å². The minimum absolute atomic E-state index is 0.191. The number of hydrogen-bond donors (Lipinski definition) is 0. The van der Waals surface area contributed by atoms with Crippen LogP contribution in [0.1, 0.15) is 25.7 Å². The Hall–Kier alpha value is 1.38. The van der Waals surface area contributed by atoms with Crippen molar-refractivity contribution in [2.75, 3.05) is 13.2 Å². The highest BCUT2D eigenvalue weighted by atomic mass is 127. The van der Waals surface area contributed by atoms with Crippen LogP contribution >= 0.6 is 45.2 Å². The standard InChI is InChI=1S/C9H14I2O2/c10-7-1-3-9(4-2-7)12-5-8(11)6-13-9/h7-8H,1-6H2. The number of ether oxygens (including phenoxy) is 2. The van der Waals surface area contributed by atoms with E-state index in [1.54, 1.807) is 0 Å². The Morgan fingerprint density at radius 2 is 1.46 bits per heavy atom. The maximum absolute atomic E-state index is 5.83. The summed E-state index contributed by atoms with van der Waals surface area (Å²) in [6, 6.07) is 0. The van der Waals surface area contributed by atoms with Crippen LogP contribution in [0.2, 0.25) is 0 Å². The van der Waals surface area contributed by atoms with Gasteiger partial charge in [0.25, 0.3) is 0 Å². The first-order valence-electron chi connectivity index (χ1n) is 4.76. The van der Waals surface area contributed by atoms with Gasteiger partial charge in [0.15, 0.2) is 5.79 Å². The Morgan fingerprint density at radius 3 is 2.00 bits per heavy atom. The lowest BCUT2D eigenvalue weighted by Crippen LogP contribution is -2.47. The number of hydrogen-bond acceptors (Lipinski definition) is 2. The summed E-state index contributed by atoms with van der Waals surface area (Å²) in [7, 11) is 0. The summed E-state index contributed by atoms with van der Waals surface area (Å²) in [5.74, 6) is -0.191. The molecule has 1 saturated carbocycles. The average Bonchev–Trinajstić information content (AvgIpc) is 2.16. The van der Waals surface area contributed by atoms with E-state index in [0.717, 1.165) is 30.0 Å². The van der Waals surface area contributed by atoms with E-state index in [0.29, 0.717) is 3.92 Å². The Morgan fingerprint density at radius 1 is 0.923 bits per heavy atom. The molecule has 0 amide bonds. The third kappa shape index (κ3) is 2.69. The summed E-state index contributed by atoms with van der Waals surface area (Å²) in [5, 5.41) is 0. The fraction of sp³-hybridized carbons (Fsp3) is 1.00. The minimum atomic E-state index is -0.191. The van der Waals surface area contributed by atoms with Gasteiger partial charge in [0.05, 0.1) is 17.1 Å². The zero-order valence-corrected chi connectivity index (χ0v) is 11.8. The molecule has 2 fully saturated rings. The van der Waals surface area contributed by atoms with Crippen molar-refractivity contribution in [3.8, 4) is 0 Å². The van der Waals surface area contributed by atoms with Gasteiger partial charge in [-0.1, -0.05) is 45.2 Å². The second-order valence-electron chi connectivity index (χ2n) is 3.80. The second-order valence-corrected chi connectivity index (χ2v) is 7.33. The van der Waals surface area contributed by atoms with Crippen LogP contribution in [0.4, 0.5) is 0 Å². The Kier molecular flexibility index (Phi) is 3.76. The quantitative estimate of drug-likeness (QED) is 0.454. The molecule has 1 aliphatic carbocycles. The van der Waals surface area contributed by atoms with Crippen LogP contribution in [0.3, 0.4) is 0 Å². The van der Waals surface area contributed by atoms with Crippen molar-refractivity contribution >= 4 is 45.2 Å². The number of rotatable bonds is 0. The predicted octanol–water partition coefficient (Wildman–Crippen LogP) is 2.91. The summed E-state index contributed by atoms with van der Waals surface area (Å²) in [5.41, 5.74) is 0. The van der Waals surface area contributed by atoms with E-state index in [2.05, 4.69) is 45.2 Å². The molecule has 13 heavy (non-hydrogen) atoms. The van der Waals surface area contributed by atoms with E-state index < -0.39 is 0 Å². The van der Waals surface area contributed by atoms with Crippen molar-refractivity contribution in [1.82, 2.24) is 0 Å². The van der Waals surface area contributed by atoms with E-state index in [4.69, 9.17) is 9.47 Å². The first-order valence-corrected chi connectivity index (χ1v) is 7.25. The number of halogens is 2. The Bertz CT molecular complexity index is 147. The van der Waals surface area contributed by atoms with Crippen LogP contribution in [-0.4, -0.2) is 26.9 Å². The van der Waals surface area contributed by atoms with Crippen molar-refractivity contribution in [3.63, 3.8) is 0 Å². The fourth-order valence-electron chi connectivity index (χ4n) is 1.89. The van der Waals surface area contributed by atoms with E-state index in [1.165, 1.54) is 12.8 Å². The highest BCUT2D eigenvalue weighted by molar-refractivity contribution is 14.1. The molecular weight excluding hydrogens is 394 g/mol. The molecular formula is C9H14I2O2. The summed E-state index contributed by atoms with van der Waals surface area (Å²) in [4.78, 5) is 0. The largest absolute Gasteiger partial charge is 0.349 e. The van der Waals surface area contributed by atoms with Crippen molar-refractivity contribution in [1.29, 1.82) is 0 Å². The maximum Gasteiger partial charge on any atom is 0.168 e. The first kappa shape index (κ1) is 10.9. The highest BCUT2D eigenvalue weighted by Crippen LogP contribution is 2.38. The Labute approximate surface area is 106 Å². The fourth-order valence-corrected chi connectivity index (χ4v) is 2.87. The molecule has 0 aromatic carbocycles. The van der Waals surface area contributed by atoms with Gasteiger partial charge in [-0.15, -0.1) is 0 Å². The lowest BCUT2D eigenvalue weighted by atomic mass is 9.93. The molecule has 0 atom stereocenters. The van der Waals surface area contributed by atoms with Gasteiger partial charge in [0.2, 0.25) is 0 Å². The monoisotopic (exact) mass is 408 g/mol. The van der Waals surface area contributed by atoms with Crippen molar-refractivity contribution < 1.29 is 9.47 Å². The molecule has 0 N–H and O–H groups in total. The summed E-state index contributed by atoms with van der Waals surface area (Å²) >= 11 is 4.92. The molecule has 0 bridgehead atoms. The molecule has 1 aliphatic heterocycles. The van der Waals surface area contributed by atoms with Gasteiger partial charge in [-0.05, 0) is 12.8 Å². The summed E-state index contributed by atoms with van der Waals surface area (Å²) < 4.78 is 13.0. The topological polar surface area (TPSA) is 18.5 Å². The maximum atomic E-state index is 5.83. The predicted molar refractivity (Wildman–Crippen MR) is 68.7 cm³/mol. The van der Waals surface area contributed by atoms with Crippen LogP contribution < -0.4 is 0 Å². The number of alkyl halides is 2. The summed E-state index contributed by atoms with van der Waals surface area (Å²) in [6.07, 6.45) is 4.66. The molecule has 76 valence electrons. The third-order valence-corrected chi connectivity index (χ3v) is 4.70. The van der Waals surface area contributed by atoms with Gasteiger partial charge in [-0.2, -0.15) is 0 Å². The molecule has 0 aromatic rings. The smallest absolute Gasteiger partial charge is 0.168 e. The molecule has 1 heterocycles. The van der Waals surface area contributed by atoms with Crippen molar-refractivity contribution in [2.45, 2.75) is 39.3 Å². The van der Waals surface area contributed by atoms with Gasteiger partial charge >= 0.3 is 0 Å². The van der Waals surface area contributed by atoms with Crippen LogP contribution in [0, 0.1) is 0 Å². The van der Waals surface area contributed by atoms with Crippen LogP contribution in [0.15, 0.2) is 0 Å². The molecule has 2 rings (SSSR count). The molecule has 0 unspecified atom stereocenters. The average molecular weight is 408 g/mol. The Balaban J connectivity index is 1.90. The van der Waals surface area contributed by atoms with Crippen molar-refractivity contribution in [3.05, 3.63) is 0 Å². The van der Waals surface area contributed by atoms with Gasteiger partial charge in [-0.25, -0.2) is 0 Å². The van der Waals surface area contributed by atoms with E-state index in [9.17, 15) is 0 Å². The minimum Gasteiger partial charge on any atom is -0.349 e. The van der Waals surface area contributed by atoms with Gasteiger partial charge in [0.1, 0.15) is 0 Å². The zero-order chi connectivity index (χ0) is 9.31. The van der Waals surface area contributed by atoms with Crippen LogP contribution in [-0.2, 0) is 9.47 Å². The highest BCUT2D eigenvalue weighted by Gasteiger charge is 2.39. The molecule has 4 heteroatoms. The van der Waals surface area contributed by atoms with E-state index in [1.807, 2.05) is 0 Å².